The third-order valence-electron chi connectivity index (χ3n) is 8.01. The molecule has 1 aromatic heterocycles. The Morgan fingerprint density at radius 3 is 2.12 bits per heavy atom. The molecule has 6 nitrogen and oxygen atoms in total. The summed E-state index contributed by atoms with van der Waals surface area (Å²) in [6, 6.07) is 28.9. The predicted octanol–water partition coefficient (Wildman–Crippen LogP) is 6.06. The van der Waals surface area contributed by atoms with Crippen molar-refractivity contribution in [1.29, 1.82) is 0 Å². The van der Waals surface area contributed by atoms with Gasteiger partial charge < -0.3 is 4.90 Å². The highest BCUT2D eigenvalue weighted by atomic mass is 32.1. The predicted molar refractivity (Wildman–Crippen MR) is 160 cm³/mol. The summed E-state index contributed by atoms with van der Waals surface area (Å²) in [5.74, 6) is -0.245. The minimum atomic E-state index is -0.240. The van der Waals surface area contributed by atoms with E-state index in [9.17, 15) is 9.59 Å². The van der Waals surface area contributed by atoms with Crippen molar-refractivity contribution in [1.82, 2.24) is 14.8 Å². The number of carbonyl (C=O) groups excluding carboxylic acids is 2. The highest BCUT2D eigenvalue weighted by Crippen LogP contribution is 2.38. The molecule has 0 bridgehead atoms. The molecule has 2 aliphatic rings. The number of carbonyl (C=O) groups is 2. The van der Waals surface area contributed by atoms with E-state index in [2.05, 4.69) is 70.9 Å². The number of piperazine rings is 1. The summed E-state index contributed by atoms with van der Waals surface area (Å²) in [6.45, 7) is 5.02. The smallest absolute Gasteiger partial charge is 0.257 e. The monoisotopic (exact) mass is 550 g/mol. The second-order valence-corrected chi connectivity index (χ2v) is 11.8. The highest BCUT2D eigenvalue weighted by molar-refractivity contribution is 7.16. The van der Waals surface area contributed by atoms with E-state index in [1.54, 1.807) is 0 Å². The second kappa shape index (κ2) is 11.7. The van der Waals surface area contributed by atoms with Crippen LogP contribution in [0.15, 0.2) is 84.9 Å². The maximum atomic E-state index is 13.8. The zero-order chi connectivity index (χ0) is 27.5. The number of fused-ring (bicyclic) bond motifs is 1. The highest BCUT2D eigenvalue weighted by Gasteiger charge is 2.35. The number of nitrogens with one attached hydrogen (secondary N) is 1. The average molecular weight is 551 g/mol. The second-order valence-electron chi connectivity index (χ2n) is 10.7. The summed E-state index contributed by atoms with van der Waals surface area (Å²) < 4.78 is 0. The van der Waals surface area contributed by atoms with E-state index in [1.165, 1.54) is 22.5 Å². The molecular weight excluding hydrogens is 516 g/mol. The molecule has 40 heavy (non-hydrogen) atoms. The Bertz CT molecular complexity index is 1420. The van der Waals surface area contributed by atoms with E-state index < -0.39 is 0 Å². The van der Waals surface area contributed by atoms with Crippen molar-refractivity contribution in [2.24, 2.45) is 0 Å². The van der Waals surface area contributed by atoms with Gasteiger partial charge >= 0.3 is 0 Å². The van der Waals surface area contributed by atoms with Gasteiger partial charge in [0, 0.05) is 36.6 Å². The molecule has 1 aliphatic carbocycles. The molecule has 3 aromatic carbocycles. The molecule has 7 heteroatoms. The van der Waals surface area contributed by atoms with E-state index in [0.717, 1.165) is 48.5 Å². The molecule has 1 atom stereocenters. The van der Waals surface area contributed by atoms with Gasteiger partial charge in [0.05, 0.1) is 17.7 Å². The van der Waals surface area contributed by atoms with Crippen LogP contribution in [0.1, 0.15) is 62.4 Å². The number of anilines is 1. The molecule has 1 N–H and O–H groups in total. The van der Waals surface area contributed by atoms with E-state index in [1.807, 2.05) is 36.1 Å². The Kier molecular flexibility index (Phi) is 7.75. The van der Waals surface area contributed by atoms with Gasteiger partial charge in [-0.25, -0.2) is 4.98 Å². The van der Waals surface area contributed by atoms with Crippen molar-refractivity contribution >= 4 is 28.3 Å². The van der Waals surface area contributed by atoms with Crippen LogP contribution in [0, 0.1) is 6.92 Å². The van der Waals surface area contributed by atoms with Gasteiger partial charge in [0.2, 0.25) is 5.91 Å². The van der Waals surface area contributed by atoms with Crippen molar-refractivity contribution in [3.05, 3.63) is 118 Å². The number of nitrogens with zero attached hydrogens (tertiary/aromatic N) is 3. The van der Waals surface area contributed by atoms with Crippen LogP contribution in [-0.2, 0) is 11.2 Å². The van der Waals surface area contributed by atoms with Crippen LogP contribution in [-0.4, -0.2) is 52.8 Å². The van der Waals surface area contributed by atoms with Gasteiger partial charge in [-0.1, -0.05) is 78.4 Å². The van der Waals surface area contributed by atoms with Gasteiger partial charge in [-0.15, -0.1) is 11.3 Å². The molecule has 1 fully saturated rings. The molecule has 0 saturated carbocycles. The minimum Gasteiger partial charge on any atom is -0.340 e. The number of hydrogen-bond acceptors (Lipinski definition) is 5. The summed E-state index contributed by atoms with van der Waals surface area (Å²) >= 11 is 1.51. The number of hydrogen-bond donors (Lipinski definition) is 1. The number of aryl methyl sites for hydroxylation is 2. The van der Waals surface area contributed by atoms with Gasteiger partial charge in [-0.2, -0.15) is 0 Å². The number of thiazole rings is 1. The molecule has 1 unspecified atom stereocenters. The lowest BCUT2D eigenvalue weighted by atomic mass is 9.89. The van der Waals surface area contributed by atoms with Crippen LogP contribution in [0.2, 0.25) is 0 Å². The first-order valence-corrected chi connectivity index (χ1v) is 14.9. The molecule has 0 spiro atoms. The Hall–Kier alpha value is -3.81. The van der Waals surface area contributed by atoms with Crippen molar-refractivity contribution in [3.63, 3.8) is 0 Å². The van der Waals surface area contributed by atoms with Crippen LogP contribution >= 0.6 is 11.3 Å². The number of aromatic nitrogens is 1. The number of rotatable bonds is 6. The van der Waals surface area contributed by atoms with Crippen LogP contribution in [0.3, 0.4) is 0 Å². The van der Waals surface area contributed by atoms with Crippen LogP contribution in [0.5, 0.6) is 0 Å². The van der Waals surface area contributed by atoms with E-state index >= 15 is 0 Å². The van der Waals surface area contributed by atoms with E-state index in [4.69, 9.17) is 4.98 Å². The van der Waals surface area contributed by atoms with E-state index in [-0.39, 0.29) is 23.8 Å². The average Bonchev–Trinajstić information content (AvgIpc) is 3.41. The zero-order valence-corrected chi connectivity index (χ0v) is 23.6. The van der Waals surface area contributed by atoms with Crippen molar-refractivity contribution < 1.29 is 9.59 Å². The summed E-state index contributed by atoms with van der Waals surface area (Å²) in [4.78, 5) is 37.0. The molecule has 204 valence electrons. The third kappa shape index (κ3) is 5.58. The minimum absolute atomic E-state index is 0.165. The fraction of sp³-hybridized carbons (Fsp3) is 0.303. The first-order valence-electron chi connectivity index (χ1n) is 14.1. The molecule has 0 radical (unpaired) electrons. The fourth-order valence-electron chi connectivity index (χ4n) is 5.89. The number of benzene rings is 3. The first-order chi connectivity index (χ1) is 19.6. The summed E-state index contributed by atoms with van der Waals surface area (Å²) in [5, 5.41) is 3.54. The Balaban J connectivity index is 1.14. The van der Waals surface area contributed by atoms with Gasteiger partial charge in [0.25, 0.3) is 5.91 Å². The summed E-state index contributed by atoms with van der Waals surface area (Å²) in [5.41, 5.74) is 5.11. The van der Waals surface area contributed by atoms with Crippen molar-refractivity contribution in [2.45, 2.75) is 38.1 Å². The maximum Gasteiger partial charge on any atom is 0.257 e. The first kappa shape index (κ1) is 26.4. The summed E-state index contributed by atoms with van der Waals surface area (Å²) in [6.07, 6.45) is 2.67. The zero-order valence-electron chi connectivity index (χ0n) is 22.8. The lowest BCUT2D eigenvalue weighted by Gasteiger charge is -2.41. The fourth-order valence-corrected chi connectivity index (χ4v) is 6.95. The molecule has 2 amide bonds. The quantitative estimate of drug-likeness (QED) is 0.317. The van der Waals surface area contributed by atoms with Gasteiger partial charge in [0.1, 0.15) is 0 Å². The lowest BCUT2D eigenvalue weighted by Crippen LogP contribution is -2.51. The van der Waals surface area contributed by atoms with Gasteiger partial charge in [-0.05, 0) is 49.4 Å². The molecule has 6 rings (SSSR count). The number of amides is 2. The van der Waals surface area contributed by atoms with Crippen LogP contribution < -0.4 is 5.32 Å². The van der Waals surface area contributed by atoms with E-state index in [0.29, 0.717) is 23.8 Å². The SMILES string of the molecule is Cc1ccc(C(=O)Nc2nc3c(s2)CCCC3C(=O)N2CCN(C(c3ccccc3)c3ccccc3)CC2)cc1. The Morgan fingerprint density at radius 2 is 1.50 bits per heavy atom. The summed E-state index contributed by atoms with van der Waals surface area (Å²) in [7, 11) is 0. The van der Waals surface area contributed by atoms with Gasteiger partial charge in [-0.3, -0.25) is 19.8 Å². The topological polar surface area (TPSA) is 65.5 Å². The lowest BCUT2D eigenvalue weighted by molar-refractivity contribution is -0.135. The molecule has 2 heterocycles. The van der Waals surface area contributed by atoms with Crippen LogP contribution in [0.4, 0.5) is 5.13 Å². The van der Waals surface area contributed by atoms with Crippen LogP contribution in [0.25, 0.3) is 0 Å². The molecule has 1 aliphatic heterocycles. The maximum absolute atomic E-state index is 13.8. The largest absolute Gasteiger partial charge is 0.340 e. The van der Waals surface area contributed by atoms with Gasteiger partial charge in [0.15, 0.2) is 5.13 Å². The Labute approximate surface area is 239 Å². The van der Waals surface area contributed by atoms with Crippen molar-refractivity contribution in [3.8, 4) is 0 Å². The third-order valence-corrected chi connectivity index (χ3v) is 9.05. The molecule has 4 aromatic rings. The molecular formula is C33H34N4O2S. The Morgan fingerprint density at radius 1 is 0.875 bits per heavy atom. The van der Waals surface area contributed by atoms with Crippen molar-refractivity contribution in [2.75, 3.05) is 31.5 Å². The normalized spacial score (nSPS) is 17.4. The standard InChI is InChI=1S/C33H34N4O2S/c1-23-15-17-26(18-16-23)31(38)35-33-34-29-27(13-8-14-28(29)40-33)32(39)37-21-19-36(20-22-37)30(24-9-4-2-5-10-24)25-11-6-3-7-12-25/h2-7,9-12,15-18,27,30H,8,13-14,19-22H2,1H3,(H,34,35,38). The molecule has 1 saturated heterocycles.